The number of nitrogens with one attached hydrogen (secondary N) is 2. The number of rotatable bonds is 7. The summed E-state index contributed by atoms with van der Waals surface area (Å²) in [5.41, 5.74) is 1.44. The maximum atomic E-state index is 12.9. The number of carbonyl (C=O) groups excluding carboxylic acids is 2. The van der Waals surface area contributed by atoms with Gasteiger partial charge in [-0.15, -0.1) is 0 Å². The largest absolute Gasteiger partial charge is 0.416 e. The lowest BCUT2D eigenvalue weighted by atomic mass is 10.0. The zero-order valence-corrected chi connectivity index (χ0v) is 17.7. The summed E-state index contributed by atoms with van der Waals surface area (Å²) in [5, 5.41) is 5.57. The Morgan fingerprint density at radius 3 is 2.22 bits per heavy atom. The molecule has 2 aromatic rings. The molecule has 1 fully saturated rings. The summed E-state index contributed by atoms with van der Waals surface area (Å²) >= 11 is 0. The smallest absolute Gasteiger partial charge is 0.379 e. The van der Waals surface area contributed by atoms with E-state index in [0.717, 1.165) is 17.7 Å². The van der Waals surface area contributed by atoms with Crippen molar-refractivity contribution in [2.75, 3.05) is 38.2 Å². The van der Waals surface area contributed by atoms with E-state index in [4.69, 9.17) is 4.74 Å². The average Bonchev–Trinajstić information content (AvgIpc) is 2.75. The van der Waals surface area contributed by atoms with Gasteiger partial charge >= 0.3 is 6.18 Å². The normalized spacial score (nSPS) is 15.8. The van der Waals surface area contributed by atoms with E-state index in [1.165, 1.54) is 19.1 Å². The van der Waals surface area contributed by atoms with Gasteiger partial charge in [-0.2, -0.15) is 13.2 Å². The van der Waals surface area contributed by atoms with Crippen LogP contribution < -0.4 is 10.6 Å². The molecule has 1 atom stereocenters. The Morgan fingerprint density at radius 1 is 1.03 bits per heavy atom. The third kappa shape index (κ3) is 6.80. The number of morpholine rings is 1. The molecule has 1 saturated heterocycles. The second kappa shape index (κ2) is 10.6. The molecule has 1 heterocycles. The minimum atomic E-state index is -4.39. The maximum absolute atomic E-state index is 12.9. The third-order valence-electron chi connectivity index (χ3n) is 5.24. The summed E-state index contributed by atoms with van der Waals surface area (Å²) in [5.74, 6) is -0.365. The molecule has 2 amide bonds. The summed E-state index contributed by atoms with van der Waals surface area (Å²) in [6.07, 6.45) is -4.24. The van der Waals surface area contributed by atoms with Crippen molar-refractivity contribution >= 4 is 17.5 Å². The van der Waals surface area contributed by atoms with Crippen LogP contribution in [0, 0.1) is 0 Å². The van der Waals surface area contributed by atoms with Crippen LogP contribution in [-0.4, -0.2) is 49.6 Å². The summed E-state index contributed by atoms with van der Waals surface area (Å²) in [6.45, 7) is 4.02. The van der Waals surface area contributed by atoms with Crippen molar-refractivity contribution in [3.63, 3.8) is 0 Å². The third-order valence-corrected chi connectivity index (χ3v) is 5.24. The molecule has 0 saturated carbocycles. The topological polar surface area (TPSA) is 70.7 Å². The van der Waals surface area contributed by atoms with Crippen molar-refractivity contribution in [3.8, 4) is 0 Å². The van der Waals surface area contributed by atoms with Gasteiger partial charge in [0.05, 0.1) is 31.2 Å². The van der Waals surface area contributed by atoms with Crippen LogP contribution in [0.4, 0.5) is 18.9 Å². The monoisotopic (exact) mass is 449 g/mol. The Bertz CT molecular complexity index is 909. The Balaban J connectivity index is 1.64. The Labute approximate surface area is 184 Å². The standard InChI is InChI=1S/C23H26F3N3O3/c1-16(30)28-20-8-2-17(3-9-20)14-22(31)27-15-21(29-10-12-32-13-11-29)18-4-6-19(7-5-18)23(24,25)26/h2-9,21H,10-15H2,1H3,(H,27,31)(H,28,30). The van der Waals surface area contributed by atoms with Crippen molar-refractivity contribution in [2.24, 2.45) is 0 Å². The fourth-order valence-corrected chi connectivity index (χ4v) is 3.61. The first kappa shape index (κ1) is 23.7. The first-order chi connectivity index (χ1) is 15.2. The zero-order valence-electron chi connectivity index (χ0n) is 17.7. The number of amides is 2. The van der Waals surface area contributed by atoms with E-state index in [9.17, 15) is 22.8 Å². The molecule has 2 N–H and O–H groups in total. The SMILES string of the molecule is CC(=O)Nc1ccc(CC(=O)NCC(c2ccc(C(F)(F)F)cc2)N2CCOCC2)cc1. The Hall–Kier alpha value is -2.91. The Morgan fingerprint density at radius 2 is 1.66 bits per heavy atom. The number of hydrogen-bond donors (Lipinski definition) is 2. The van der Waals surface area contributed by atoms with Crippen LogP contribution in [0.25, 0.3) is 0 Å². The summed E-state index contributed by atoms with van der Waals surface area (Å²) in [7, 11) is 0. The van der Waals surface area contributed by atoms with E-state index in [0.29, 0.717) is 37.6 Å². The lowest BCUT2D eigenvalue weighted by molar-refractivity contribution is -0.137. The predicted molar refractivity (Wildman–Crippen MR) is 114 cm³/mol. The quantitative estimate of drug-likeness (QED) is 0.680. The van der Waals surface area contributed by atoms with Gasteiger partial charge in [0.2, 0.25) is 11.8 Å². The lowest BCUT2D eigenvalue weighted by Crippen LogP contribution is -2.44. The highest BCUT2D eigenvalue weighted by atomic mass is 19.4. The number of alkyl halides is 3. The van der Waals surface area contributed by atoms with Crippen molar-refractivity contribution < 1.29 is 27.5 Å². The van der Waals surface area contributed by atoms with Gasteiger partial charge in [0.15, 0.2) is 0 Å². The highest BCUT2D eigenvalue weighted by Gasteiger charge is 2.31. The van der Waals surface area contributed by atoms with E-state index in [-0.39, 0.29) is 30.8 Å². The minimum absolute atomic E-state index is 0.156. The number of benzene rings is 2. The van der Waals surface area contributed by atoms with Crippen LogP contribution in [0.2, 0.25) is 0 Å². The van der Waals surface area contributed by atoms with Gasteiger partial charge in [-0.05, 0) is 35.4 Å². The molecule has 1 unspecified atom stereocenters. The molecule has 0 radical (unpaired) electrons. The number of nitrogens with zero attached hydrogens (tertiary/aromatic N) is 1. The van der Waals surface area contributed by atoms with Gasteiger partial charge in [0.25, 0.3) is 0 Å². The van der Waals surface area contributed by atoms with Crippen molar-refractivity contribution in [2.45, 2.75) is 25.6 Å². The molecule has 0 aromatic heterocycles. The maximum Gasteiger partial charge on any atom is 0.416 e. The van der Waals surface area contributed by atoms with Crippen molar-refractivity contribution in [1.82, 2.24) is 10.2 Å². The number of hydrogen-bond acceptors (Lipinski definition) is 4. The summed E-state index contributed by atoms with van der Waals surface area (Å²) in [4.78, 5) is 25.7. The average molecular weight is 449 g/mol. The molecule has 3 rings (SSSR count). The zero-order chi connectivity index (χ0) is 23.1. The summed E-state index contributed by atoms with van der Waals surface area (Å²) in [6, 6.07) is 11.8. The van der Waals surface area contributed by atoms with E-state index in [2.05, 4.69) is 15.5 Å². The fourth-order valence-electron chi connectivity index (χ4n) is 3.61. The number of anilines is 1. The molecule has 172 valence electrons. The van der Waals surface area contributed by atoms with Crippen LogP contribution in [0.1, 0.15) is 29.7 Å². The molecule has 9 heteroatoms. The molecule has 0 spiro atoms. The lowest BCUT2D eigenvalue weighted by Gasteiger charge is -2.35. The molecular weight excluding hydrogens is 423 g/mol. The van der Waals surface area contributed by atoms with Crippen LogP contribution >= 0.6 is 0 Å². The molecule has 6 nitrogen and oxygen atoms in total. The molecular formula is C23H26F3N3O3. The molecule has 0 bridgehead atoms. The number of carbonyl (C=O) groups is 2. The molecule has 2 aromatic carbocycles. The van der Waals surface area contributed by atoms with Crippen LogP contribution in [-0.2, 0) is 26.9 Å². The van der Waals surface area contributed by atoms with Crippen LogP contribution in [0.5, 0.6) is 0 Å². The minimum Gasteiger partial charge on any atom is -0.379 e. The van der Waals surface area contributed by atoms with Crippen molar-refractivity contribution in [1.29, 1.82) is 0 Å². The first-order valence-corrected chi connectivity index (χ1v) is 10.3. The highest BCUT2D eigenvalue weighted by Crippen LogP contribution is 2.31. The number of ether oxygens (including phenoxy) is 1. The molecule has 32 heavy (non-hydrogen) atoms. The van der Waals surface area contributed by atoms with E-state index >= 15 is 0 Å². The predicted octanol–water partition coefficient (Wildman–Crippen LogP) is 3.40. The fraction of sp³-hybridized carbons (Fsp3) is 0.391. The van der Waals surface area contributed by atoms with E-state index < -0.39 is 11.7 Å². The van der Waals surface area contributed by atoms with Gasteiger partial charge in [-0.1, -0.05) is 24.3 Å². The van der Waals surface area contributed by atoms with Crippen LogP contribution in [0.15, 0.2) is 48.5 Å². The van der Waals surface area contributed by atoms with Gasteiger partial charge < -0.3 is 15.4 Å². The van der Waals surface area contributed by atoms with Crippen molar-refractivity contribution in [3.05, 3.63) is 65.2 Å². The molecule has 0 aliphatic carbocycles. The van der Waals surface area contributed by atoms with Gasteiger partial charge in [0.1, 0.15) is 0 Å². The Kier molecular flexibility index (Phi) is 7.87. The van der Waals surface area contributed by atoms with Gasteiger partial charge in [-0.3, -0.25) is 14.5 Å². The molecule has 1 aliphatic rings. The van der Waals surface area contributed by atoms with Gasteiger partial charge in [0, 0.05) is 32.2 Å². The number of halogens is 3. The molecule has 1 aliphatic heterocycles. The van der Waals surface area contributed by atoms with Gasteiger partial charge in [-0.25, -0.2) is 0 Å². The second-order valence-electron chi connectivity index (χ2n) is 7.64. The summed E-state index contributed by atoms with van der Waals surface area (Å²) < 4.78 is 44.1. The van der Waals surface area contributed by atoms with E-state index in [1.54, 1.807) is 24.3 Å². The van der Waals surface area contributed by atoms with E-state index in [1.807, 2.05) is 0 Å². The highest BCUT2D eigenvalue weighted by molar-refractivity contribution is 5.88. The first-order valence-electron chi connectivity index (χ1n) is 10.3. The second-order valence-corrected chi connectivity index (χ2v) is 7.64. The van der Waals surface area contributed by atoms with Crippen LogP contribution in [0.3, 0.4) is 0 Å².